The Kier molecular flexibility index (Phi) is 4.35. The normalized spacial score (nSPS) is 10.9. The zero-order valence-electron chi connectivity index (χ0n) is 14.8. The molecule has 6 heteroatoms. The number of imidazole rings is 1. The van der Waals surface area contributed by atoms with E-state index in [2.05, 4.69) is 36.3 Å². The fourth-order valence-electron chi connectivity index (χ4n) is 3.07. The van der Waals surface area contributed by atoms with Crippen molar-refractivity contribution in [2.75, 3.05) is 12.4 Å². The van der Waals surface area contributed by atoms with Crippen molar-refractivity contribution in [3.8, 4) is 0 Å². The highest BCUT2D eigenvalue weighted by atomic mass is 16.6. The molecule has 0 aliphatic carbocycles. The van der Waals surface area contributed by atoms with E-state index in [-0.39, 0.29) is 5.56 Å². The van der Waals surface area contributed by atoms with Crippen LogP contribution in [-0.4, -0.2) is 27.9 Å². The van der Waals surface area contributed by atoms with Crippen LogP contribution in [0.1, 0.15) is 32.9 Å². The number of hydrogen-bond donors (Lipinski definition) is 2. The molecule has 130 valence electrons. The van der Waals surface area contributed by atoms with Gasteiger partial charge in [-0.2, -0.15) is 4.73 Å². The number of benzene rings is 2. The van der Waals surface area contributed by atoms with Crippen LogP contribution in [0.4, 0.5) is 5.69 Å². The number of rotatable bonds is 5. The maximum Gasteiger partial charge on any atom is 0.335 e. The Morgan fingerprint density at radius 3 is 2.52 bits per heavy atom. The summed E-state index contributed by atoms with van der Waals surface area (Å²) in [4.78, 5) is 21.3. The predicted molar refractivity (Wildman–Crippen MR) is 97.2 cm³/mol. The highest BCUT2D eigenvalue weighted by Crippen LogP contribution is 2.27. The molecule has 0 saturated heterocycles. The van der Waals surface area contributed by atoms with E-state index < -0.39 is 5.97 Å². The van der Waals surface area contributed by atoms with Gasteiger partial charge < -0.3 is 15.3 Å². The molecule has 0 unspecified atom stereocenters. The first-order valence-corrected chi connectivity index (χ1v) is 8.02. The average molecular weight is 339 g/mol. The fraction of sp³-hybridized carbons (Fsp3) is 0.263. The summed E-state index contributed by atoms with van der Waals surface area (Å²) >= 11 is 0. The molecule has 0 bridgehead atoms. The quantitative estimate of drug-likeness (QED) is 0.746. The molecule has 1 heterocycles. The first-order valence-electron chi connectivity index (χ1n) is 8.02. The zero-order valence-corrected chi connectivity index (χ0v) is 14.8. The Morgan fingerprint density at radius 1 is 1.24 bits per heavy atom. The van der Waals surface area contributed by atoms with Gasteiger partial charge in [-0.25, -0.2) is 9.78 Å². The molecular weight excluding hydrogens is 318 g/mol. The molecule has 0 amide bonds. The van der Waals surface area contributed by atoms with Gasteiger partial charge in [-0.1, -0.05) is 18.2 Å². The third-order valence-corrected chi connectivity index (χ3v) is 4.41. The standard InChI is InChI=1S/C19H21N3O3/c1-11-6-5-7-12(2)15(11)10-20-16-8-14(19(23)24)9-17-18(16)21-13(3)22(17)25-4/h5-9,20H,10H2,1-4H3,(H,23,24). The van der Waals surface area contributed by atoms with E-state index in [1.165, 1.54) is 28.5 Å². The smallest absolute Gasteiger partial charge is 0.335 e. The third-order valence-electron chi connectivity index (χ3n) is 4.41. The van der Waals surface area contributed by atoms with Crippen molar-refractivity contribution in [1.82, 2.24) is 9.71 Å². The number of carboxylic acid groups (broad SMARTS) is 1. The molecular formula is C19H21N3O3. The van der Waals surface area contributed by atoms with Crippen LogP contribution in [-0.2, 0) is 6.54 Å². The van der Waals surface area contributed by atoms with Crippen molar-refractivity contribution in [3.05, 3.63) is 58.4 Å². The van der Waals surface area contributed by atoms with Gasteiger partial charge in [-0.15, -0.1) is 0 Å². The van der Waals surface area contributed by atoms with Gasteiger partial charge in [0.15, 0.2) is 0 Å². The van der Waals surface area contributed by atoms with Crippen molar-refractivity contribution in [2.45, 2.75) is 27.3 Å². The Balaban J connectivity index is 2.07. The van der Waals surface area contributed by atoms with Crippen molar-refractivity contribution in [3.63, 3.8) is 0 Å². The summed E-state index contributed by atoms with van der Waals surface area (Å²) < 4.78 is 1.53. The SMILES string of the molecule is COn1c(C)nc2c(NCc3c(C)cccc3C)cc(C(=O)O)cc21. The van der Waals surface area contributed by atoms with Crippen molar-refractivity contribution in [1.29, 1.82) is 0 Å². The summed E-state index contributed by atoms with van der Waals surface area (Å²) in [5.41, 5.74) is 5.76. The van der Waals surface area contributed by atoms with Crippen LogP contribution in [0.3, 0.4) is 0 Å². The monoisotopic (exact) mass is 339 g/mol. The summed E-state index contributed by atoms with van der Waals surface area (Å²) in [5, 5.41) is 12.8. The molecule has 0 spiro atoms. The molecule has 0 fully saturated rings. The number of nitrogens with zero attached hydrogens (tertiary/aromatic N) is 2. The fourth-order valence-corrected chi connectivity index (χ4v) is 3.07. The first-order chi connectivity index (χ1) is 11.9. The molecule has 3 rings (SSSR count). The molecule has 0 aliphatic heterocycles. The second kappa shape index (κ2) is 6.47. The second-order valence-corrected chi connectivity index (χ2v) is 6.06. The number of nitrogens with one attached hydrogen (secondary N) is 1. The Labute approximate surface area is 146 Å². The van der Waals surface area contributed by atoms with Gasteiger partial charge >= 0.3 is 5.97 Å². The zero-order chi connectivity index (χ0) is 18.1. The van der Waals surface area contributed by atoms with Gasteiger partial charge in [0, 0.05) is 6.54 Å². The molecule has 1 aromatic heterocycles. The molecule has 0 radical (unpaired) electrons. The minimum atomic E-state index is -0.987. The lowest BCUT2D eigenvalue weighted by Gasteiger charge is -2.13. The average Bonchev–Trinajstić information content (AvgIpc) is 2.89. The molecule has 2 N–H and O–H groups in total. The number of carbonyl (C=O) groups is 1. The topological polar surface area (TPSA) is 76.4 Å². The maximum atomic E-state index is 11.5. The van der Waals surface area contributed by atoms with E-state index in [9.17, 15) is 9.90 Å². The number of hydrogen-bond acceptors (Lipinski definition) is 4. The minimum Gasteiger partial charge on any atom is -0.478 e. The highest BCUT2D eigenvalue weighted by molar-refractivity contribution is 5.98. The molecule has 3 aromatic rings. The van der Waals surface area contributed by atoms with Crippen LogP contribution in [0.15, 0.2) is 30.3 Å². The Morgan fingerprint density at radius 2 is 1.92 bits per heavy atom. The highest BCUT2D eigenvalue weighted by Gasteiger charge is 2.16. The molecule has 0 atom stereocenters. The number of aromatic nitrogens is 2. The number of aromatic carboxylic acids is 1. The first kappa shape index (κ1) is 16.8. The van der Waals surface area contributed by atoms with E-state index in [1.54, 1.807) is 12.1 Å². The van der Waals surface area contributed by atoms with Gasteiger partial charge in [-0.3, -0.25) is 0 Å². The number of fused-ring (bicyclic) bond motifs is 1. The van der Waals surface area contributed by atoms with Crippen molar-refractivity contribution >= 4 is 22.7 Å². The summed E-state index contributed by atoms with van der Waals surface area (Å²) in [5.74, 6) is -0.325. The van der Waals surface area contributed by atoms with E-state index in [4.69, 9.17) is 4.84 Å². The summed E-state index contributed by atoms with van der Waals surface area (Å²) in [6, 6.07) is 9.35. The lowest BCUT2D eigenvalue weighted by atomic mass is 10.0. The lowest BCUT2D eigenvalue weighted by Crippen LogP contribution is -2.09. The van der Waals surface area contributed by atoms with Crippen LogP contribution in [0, 0.1) is 20.8 Å². The maximum absolute atomic E-state index is 11.5. The number of aryl methyl sites for hydroxylation is 3. The van der Waals surface area contributed by atoms with Gasteiger partial charge in [0.05, 0.1) is 11.3 Å². The minimum absolute atomic E-state index is 0.190. The third kappa shape index (κ3) is 3.03. The number of anilines is 1. The summed E-state index contributed by atoms with van der Waals surface area (Å²) in [7, 11) is 1.53. The largest absolute Gasteiger partial charge is 0.478 e. The summed E-state index contributed by atoms with van der Waals surface area (Å²) in [6.07, 6.45) is 0. The molecule has 25 heavy (non-hydrogen) atoms. The van der Waals surface area contributed by atoms with Gasteiger partial charge in [-0.05, 0) is 49.6 Å². The van der Waals surface area contributed by atoms with Crippen molar-refractivity contribution in [2.24, 2.45) is 0 Å². The second-order valence-electron chi connectivity index (χ2n) is 6.06. The van der Waals surface area contributed by atoms with Gasteiger partial charge in [0.2, 0.25) is 0 Å². The van der Waals surface area contributed by atoms with E-state index in [0.29, 0.717) is 29.1 Å². The Hall–Kier alpha value is -3.02. The van der Waals surface area contributed by atoms with Crippen molar-refractivity contribution < 1.29 is 14.7 Å². The van der Waals surface area contributed by atoms with E-state index in [1.807, 2.05) is 13.0 Å². The molecule has 0 aliphatic rings. The molecule has 6 nitrogen and oxygen atoms in total. The van der Waals surface area contributed by atoms with Crippen LogP contribution in [0.5, 0.6) is 0 Å². The van der Waals surface area contributed by atoms with Gasteiger partial charge in [0.25, 0.3) is 0 Å². The Bertz CT molecular complexity index is 940. The molecule has 2 aromatic carbocycles. The van der Waals surface area contributed by atoms with E-state index >= 15 is 0 Å². The van der Waals surface area contributed by atoms with Crippen LogP contribution >= 0.6 is 0 Å². The van der Waals surface area contributed by atoms with Gasteiger partial charge in [0.1, 0.15) is 24.0 Å². The van der Waals surface area contributed by atoms with Crippen LogP contribution in [0.25, 0.3) is 11.0 Å². The summed E-state index contributed by atoms with van der Waals surface area (Å²) in [6.45, 7) is 6.54. The molecule has 0 saturated carbocycles. The number of carboxylic acids is 1. The van der Waals surface area contributed by atoms with Crippen LogP contribution < -0.4 is 10.2 Å². The lowest BCUT2D eigenvalue weighted by molar-refractivity contribution is 0.0697. The van der Waals surface area contributed by atoms with Crippen LogP contribution in [0.2, 0.25) is 0 Å². The van der Waals surface area contributed by atoms with E-state index in [0.717, 1.165) is 0 Å². The predicted octanol–water partition coefficient (Wildman–Crippen LogP) is 3.33.